The second-order valence-electron chi connectivity index (χ2n) is 11.2. The Morgan fingerprint density at radius 1 is 1.02 bits per heavy atom. The average Bonchev–Trinajstić information content (AvgIpc) is 3.32. The molecule has 3 aromatic carbocycles. The molecular weight excluding hydrogens is 529 g/mol. The summed E-state index contributed by atoms with van der Waals surface area (Å²) in [6.07, 6.45) is 1.43. The number of carbonyl (C=O) groups excluding carboxylic acids is 1. The fourth-order valence-corrected chi connectivity index (χ4v) is 6.20. The topological polar surface area (TPSA) is 91.5 Å². The standard InChI is InChI=1S/C31H34FN3O4S/c1-31(2,3)21-8-11-25(12-9-21)40(37,38)35(4)24-10-13-27-26(19-24)28(20-6-5-7-22(32)18-20)29(34-27)30(36)33-23-14-16-39-17-15-23/h5-13,18-19,23,34H,14-17H2,1-4H3,(H,33,36). The van der Waals surface area contributed by atoms with Crippen molar-refractivity contribution in [2.75, 3.05) is 24.6 Å². The molecule has 7 nitrogen and oxygen atoms in total. The number of benzene rings is 3. The predicted molar refractivity (Wildman–Crippen MR) is 156 cm³/mol. The Morgan fingerprint density at radius 2 is 1.73 bits per heavy atom. The van der Waals surface area contributed by atoms with Crippen LogP contribution in [0.3, 0.4) is 0 Å². The Bertz CT molecular complexity index is 1650. The number of sulfonamides is 1. The summed E-state index contributed by atoms with van der Waals surface area (Å²) in [6, 6.07) is 18.1. The molecule has 210 valence electrons. The van der Waals surface area contributed by atoms with Crippen LogP contribution in [0.2, 0.25) is 0 Å². The van der Waals surface area contributed by atoms with Crippen LogP contribution in [0.1, 0.15) is 49.7 Å². The van der Waals surface area contributed by atoms with Crippen molar-refractivity contribution in [2.45, 2.75) is 50.0 Å². The highest BCUT2D eigenvalue weighted by Crippen LogP contribution is 2.36. The van der Waals surface area contributed by atoms with Gasteiger partial charge in [-0.15, -0.1) is 0 Å². The number of aromatic amines is 1. The van der Waals surface area contributed by atoms with E-state index in [2.05, 4.69) is 31.1 Å². The number of nitrogens with one attached hydrogen (secondary N) is 2. The summed E-state index contributed by atoms with van der Waals surface area (Å²) < 4.78 is 48.0. The van der Waals surface area contributed by atoms with Crippen molar-refractivity contribution >= 4 is 32.5 Å². The van der Waals surface area contributed by atoms with Gasteiger partial charge in [0, 0.05) is 42.8 Å². The van der Waals surface area contributed by atoms with Crippen molar-refractivity contribution in [2.24, 2.45) is 0 Å². The number of amides is 1. The molecule has 1 aliphatic rings. The van der Waals surface area contributed by atoms with Crippen molar-refractivity contribution in [1.29, 1.82) is 0 Å². The fraction of sp³-hybridized carbons (Fsp3) is 0.323. The van der Waals surface area contributed by atoms with E-state index >= 15 is 0 Å². The van der Waals surface area contributed by atoms with Gasteiger partial charge in [-0.3, -0.25) is 9.10 Å². The molecule has 5 rings (SSSR count). The average molecular weight is 564 g/mol. The molecule has 0 atom stereocenters. The zero-order valence-electron chi connectivity index (χ0n) is 23.1. The molecule has 0 bridgehead atoms. The molecule has 1 aromatic heterocycles. The first-order valence-electron chi connectivity index (χ1n) is 13.3. The summed E-state index contributed by atoms with van der Waals surface area (Å²) in [6.45, 7) is 7.38. The van der Waals surface area contributed by atoms with Crippen LogP contribution < -0.4 is 9.62 Å². The highest BCUT2D eigenvalue weighted by atomic mass is 32.2. The van der Waals surface area contributed by atoms with E-state index < -0.39 is 15.8 Å². The number of hydrogen-bond donors (Lipinski definition) is 2. The number of halogens is 1. The van der Waals surface area contributed by atoms with Crippen LogP contribution in [0.25, 0.3) is 22.0 Å². The lowest BCUT2D eigenvalue weighted by molar-refractivity contribution is 0.0695. The summed E-state index contributed by atoms with van der Waals surface area (Å²) in [5, 5.41) is 3.68. The normalized spacial score (nSPS) is 14.8. The number of nitrogens with zero attached hydrogens (tertiary/aromatic N) is 1. The van der Waals surface area contributed by atoms with Crippen LogP contribution in [-0.2, 0) is 20.2 Å². The number of H-pyrrole nitrogens is 1. The third-order valence-corrected chi connectivity index (χ3v) is 9.22. The molecule has 1 aliphatic heterocycles. The van der Waals surface area contributed by atoms with Gasteiger partial charge in [-0.05, 0) is 71.8 Å². The van der Waals surface area contributed by atoms with E-state index in [1.807, 2.05) is 12.1 Å². The van der Waals surface area contributed by atoms with E-state index in [1.165, 1.54) is 23.5 Å². The first kappa shape index (κ1) is 27.9. The number of fused-ring (bicyclic) bond motifs is 1. The van der Waals surface area contributed by atoms with Gasteiger partial charge in [-0.1, -0.05) is 45.0 Å². The van der Waals surface area contributed by atoms with Crippen molar-refractivity contribution in [1.82, 2.24) is 10.3 Å². The molecular formula is C31H34FN3O4S. The minimum atomic E-state index is -3.86. The zero-order valence-corrected chi connectivity index (χ0v) is 23.9. The van der Waals surface area contributed by atoms with Gasteiger partial charge >= 0.3 is 0 Å². The number of ether oxygens (including phenoxy) is 1. The molecule has 9 heteroatoms. The quantitative estimate of drug-likeness (QED) is 0.301. The lowest BCUT2D eigenvalue weighted by Gasteiger charge is -2.23. The summed E-state index contributed by atoms with van der Waals surface area (Å²) in [7, 11) is -2.36. The summed E-state index contributed by atoms with van der Waals surface area (Å²) >= 11 is 0. The van der Waals surface area contributed by atoms with Gasteiger partial charge in [0.25, 0.3) is 15.9 Å². The van der Waals surface area contributed by atoms with Crippen molar-refractivity contribution in [3.8, 4) is 11.1 Å². The number of carbonyl (C=O) groups is 1. The van der Waals surface area contributed by atoms with Crippen molar-refractivity contribution in [3.63, 3.8) is 0 Å². The highest BCUT2D eigenvalue weighted by Gasteiger charge is 2.26. The first-order valence-corrected chi connectivity index (χ1v) is 14.8. The summed E-state index contributed by atoms with van der Waals surface area (Å²) in [5.41, 5.74) is 3.32. The van der Waals surface area contributed by atoms with Crippen LogP contribution in [0.5, 0.6) is 0 Å². The van der Waals surface area contributed by atoms with Crippen LogP contribution in [0.4, 0.5) is 10.1 Å². The molecule has 0 radical (unpaired) electrons. The van der Waals surface area contributed by atoms with E-state index in [9.17, 15) is 17.6 Å². The van der Waals surface area contributed by atoms with E-state index in [-0.39, 0.29) is 22.3 Å². The van der Waals surface area contributed by atoms with E-state index in [0.29, 0.717) is 59.5 Å². The first-order chi connectivity index (χ1) is 18.9. The monoisotopic (exact) mass is 563 g/mol. The molecule has 40 heavy (non-hydrogen) atoms. The SMILES string of the molecule is CN(c1ccc2[nH]c(C(=O)NC3CCOCC3)c(-c3cccc(F)c3)c2c1)S(=O)(=O)c1ccc(C(C)(C)C)cc1. The molecule has 0 saturated carbocycles. The number of rotatable bonds is 6. The maximum atomic E-state index is 14.3. The molecule has 0 aliphatic carbocycles. The van der Waals surface area contributed by atoms with E-state index in [4.69, 9.17) is 4.74 Å². The van der Waals surface area contributed by atoms with Crippen LogP contribution in [-0.4, -0.2) is 45.6 Å². The number of aromatic nitrogens is 1. The van der Waals surface area contributed by atoms with Crippen molar-refractivity contribution < 1.29 is 22.3 Å². The molecule has 1 amide bonds. The van der Waals surface area contributed by atoms with E-state index in [1.54, 1.807) is 42.5 Å². The summed E-state index contributed by atoms with van der Waals surface area (Å²) in [4.78, 5) is 16.8. The largest absolute Gasteiger partial charge is 0.381 e. The van der Waals surface area contributed by atoms with Crippen molar-refractivity contribution in [3.05, 3.63) is 83.8 Å². The molecule has 0 spiro atoms. The van der Waals surface area contributed by atoms with Crippen LogP contribution in [0, 0.1) is 5.82 Å². The zero-order chi connectivity index (χ0) is 28.7. The van der Waals surface area contributed by atoms with Crippen LogP contribution in [0.15, 0.2) is 71.6 Å². The third-order valence-electron chi connectivity index (χ3n) is 7.42. The minimum absolute atomic E-state index is 0.0236. The molecule has 0 unspecified atom stereocenters. The van der Waals surface area contributed by atoms with Gasteiger partial charge in [0.05, 0.1) is 10.6 Å². The molecule has 1 fully saturated rings. The van der Waals surface area contributed by atoms with Crippen LogP contribution >= 0.6 is 0 Å². The Balaban J connectivity index is 1.56. The second kappa shape index (κ2) is 10.7. The van der Waals surface area contributed by atoms with Gasteiger partial charge < -0.3 is 15.0 Å². The maximum Gasteiger partial charge on any atom is 0.268 e. The van der Waals surface area contributed by atoms with E-state index in [0.717, 1.165) is 5.56 Å². The molecule has 2 heterocycles. The lowest BCUT2D eigenvalue weighted by Crippen LogP contribution is -2.39. The van der Waals surface area contributed by atoms with Gasteiger partial charge in [-0.2, -0.15) is 0 Å². The van der Waals surface area contributed by atoms with Gasteiger partial charge in [-0.25, -0.2) is 12.8 Å². The Morgan fingerprint density at radius 3 is 2.38 bits per heavy atom. The minimum Gasteiger partial charge on any atom is -0.381 e. The Labute approximate surface area is 234 Å². The van der Waals surface area contributed by atoms with Gasteiger partial charge in [0.1, 0.15) is 11.5 Å². The molecule has 1 saturated heterocycles. The summed E-state index contributed by atoms with van der Waals surface area (Å²) in [5.74, 6) is -0.735. The molecule has 2 N–H and O–H groups in total. The Hall–Kier alpha value is -3.69. The fourth-order valence-electron chi connectivity index (χ4n) is 5.01. The van der Waals surface area contributed by atoms with Gasteiger partial charge in [0.2, 0.25) is 0 Å². The maximum absolute atomic E-state index is 14.3. The highest BCUT2D eigenvalue weighted by molar-refractivity contribution is 7.92. The predicted octanol–water partition coefficient (Wildman–Crippen LogP) is 6.01. The van der Waals surface area contributed by atoms with Gasteiger partial charge in [0.15, 0.2) is 0 Å². The number of anilines is 1. The lowest BCUT2D eigenvalue weighted by atomic mass is 9.87. The molecule has 4 aromatic rings. The Kier molecular flexibility index (Phi) is 7.46. The smallest absolute Gasteiger partial charge is 0.268 e. The second-order valence-corrected chi connectivity index (χ2v) is 13.2. The number of hydrogen-bond acceptors (Lipinski definition) is 4. The third kappa shape index (κ3) is 5.48.